The number of likely N-dealkylation sites (N-methyl/N-ethyl adjacent to an activating group) is 1. The molecule has 2 unspecified atom stereocenters. The molecule has 1 saturated heterocycles. The fraction of sp³-hybridized carbons (Fsp3) is 1.00. The SMILES string of the molecule is CCCN1CCN(C(C)C(C)NC)CC1. The number of hydrogen-bond acceptors (Lipinski definition) is 3. The van der Waals surface area contributed by atoms with Crippen molar-refractivity contribution in [3.63, 3.8) is 0 Å². The van der Waals surface area contributed by atoms with Crippen molar-refractivity contribution in [2.45, 2.75) is 39.3 Å². The van der Waals surface area contributed by atoms with Gasteiger partial charge in [-0.15, -0.1) is 0 Å². The largest absolute Gasteiger partial charge is 0.316 e. The molecule has 0 spiro atoms. The van der Waals surface area contributed by atoms with Crippen LogP contribution in [-0.4, -0.2) is 61.7 Å². The summed E-state index contributed by atoms with van der Waals surface area (Å²) in [5.41, 5.74) is 0. The van der Waals surface area contributed by atoms with Crippen molar-refractivity contribution < 1.29 is 0 Å². The van der Waals surface area contributed by atoms with E-state index in [0.29, 0.717) is 12.1 Å². The van der Waals surface area contributed by atoms with E-state index in [1.54, 1.807) is 0 Å². The zero-order chi connectivity index (χ0) is 11.3. The summed E-state index contributed by atoms with van der Waals surface area (Å²) in [5.74, 6) is 0. The first-order valence-corrected chi connectivity index (χ1v) is 6.32. The van der Waals surface area contributed by atoms with Crippen LogP contribution in [0.25, 0.3) is 0 Å². The Morgan fingerprint density at radius 1 is 1.13 bits per heavy atom. The van der Waals surface area contributed by atoms with E-state index in [1.807, 2.05) is 0 Å². The van der Waals surface area contributed by atoms with E-state index < -0.39 is 0 Å². The van der Waals surface area contributed by atoms with Crippen LogP contribution in [0.3, 0.4) is 0 Å². The van der Waals surface area contributed by atoms with E-state index in [9.17, 15) is 0 Å². The molecular formula is C12H27N3. The van der Waals surface area contributed by atoms with Crippen LogP contribution in [0.5, 0.6) is 0 Å². The minimum absolute atomic E-state index is 0.586. The highest BCUT2D eigenvalue weighted by Gasteiger charge is 2.23. The molecule has 90 valence electrons. The van der Waals surface area contributed by atoms with E-state index in [2.05, 4.69) is 42.9 Å². The summed E-state index contributed by atoms with van der Waals surface area (Å²) in [6.45, 7) is 13.1. The van der Waals surface area contributed by atoms with E-state index in [0.717, 1.165) is 0 Å². The minimum Gasteiger partial charge on any atom is -0.316 e. The first-order chi connectivity index (χ1) is 7.19. The topological polar surface area (TPSA) is 18.5 Å². The van der Waals surface area contributed by atoms with Crippen LogP contribution in [0.4, 0.5) is 0 Å². The van der Waals surface area contributed by atoms with Gasteiger partial charge in [-0.2, -0.15) is 0 Å². The molecule has 0 aromatic carbocycles. The number of nitrogens with zero attached hydrogens (tertiary/aromatic N) is 2. The van der Waals surface area contributed by atoms with Crippen LogP contribution in [-0.2, 0) is 0 Å². The van der Waals surface area contributed by atoms with Gasteiger partial charge in [0, 0.05) is 38.3 Å². The number of nitrogens with one attached hydrogen (secondary N) is 1. The second-order valence-electron chi connectivity index (χ2n) is 4.70. The highest BCUT2D eigenvalue weighted by molar-refractivity contribution is 4.81. The summed E-state index contributed by atoms with van der Waals surface area (Å²) < 4.78 is 0. The third kappa shape index (κ3) is 3.74. The van der Waals surface area contributed by atoms with Gasteiger partial charge < -0.3 is 10.2 Å². The molecule has 0 saturated carbocycles. The Morgan fingerprint density at radius 3 is 2.20 bits per heavy atom. The Balaban J connectivity index is 2.30. The predicted molar refractivity (Wildman–Crippen MR) is 66.3 cm³/mol. The Labute approximate surface area is 94.8 Å². The number of rotatable bonds is 5. The van der Waals surface area contributed by atoms with Crippen LogP contribution in [0.2, 0.25) is 0 Å². The van der Waals surface area contributed by atoms with E-state index >= 15 is 0 Å². The van der Waals surface area contributed by atoms with Crippen molar-refractivity contribution in [1.29, 1.82) is 0 Å². The molecule has 0 aromatic rings. The molecule has 3 nitrogen and oxygen atoms in total. The van der Waals surface area contributed by atoms with Crippen molar-refractivity contribution >= 4 is 0 Å². The zero-order valence-corrected chi connectivity index (χ0v) is 10.8. The van der Waals surface area contributed by atoms with Crippen molar-refractivity contribution in [2.24, 2.45) is 0 Å². The Hall–Kier alpha value is -0.120. The van der Waals surface area contributed by atoms with Gasteiger partial charge in [-0.25, -0.2) is 0 Å². The number of hydrogen-bond donors (Lipinski definition) is 1. The van der Waals surface area contributed by atoms with E-state index in [1.165, 1.54) is 39.1 Å². The lowest BCUT2D eigenvalue weighted by Gasteiger charge is -2.40. The van der Waals surface area contributed by atoms with Crippen molar-refractivity contribution in [2.75, 3.05) is 39.8 Å². The molecule has 0 amide bonds. The fourth-order valence-corrected chi connectivity index (χ4v) is 2.27. The van der Waals surface area contributed by atoms with Crippen LogP contribution < -0.4 is 5.32 Å². The quantitative estimate of drug-likeness (QED) is 0.735. The van der Waals surface area contributed by atoms with Crippen molar-refractivity contribution in [3.8, 4) is 0 Å². The molecule has 1 aliphatic rings. The van der Waals surface area contributed by atoms with E-state index in [-0.39, 0.29) is 0 Å². The molecule has 1 rings (SSSR count). The molecule has 0 aliphatic carbocycles. The van der Waals surface area contributed by atoms with Gasteiger partial charge in [0.05, 0.1) is 0 Å². The van der Waals surface area contributed by atoms with Crippen LogP contribution in [0.15, 0.2) is 0 Å². The van der Waals surface area contributed by atoms with Crippen molar-refractivity contribution in [3.05, 3.63) is 0 Å². The standard InChI is InChI=1S/C12H27N3/c1-5-6-14-7-9-15(10-8-14)12(3)11(2)13-4/h11-13H,5-10H2,1-4H3. The van der Waals surface area contributed by atoms with Gasteiger partial charge in [0.25, 0.3) is 0 Å². The van der Waals surface area contributed by atoms with Gasteiger partial charge in [-0.1, -0.05) is 6.92 Å². The maximum absolute atomic E-state index is 3.34. The Morgan fingerprint density at radius 2 is 1.73 bits per heavy atom. The van der Waals surface area contributed by atoms with E-state index in [4.69, 9.17) is 0 Å². The molecule has 1 aliphatic heterocycles. The Kier molecular flexibility index (Phi) is 5.58. The monoisotopic (exact) mass is 213 g/mol. The lowest BCUT2D eigenvalue weighted by Crippen LogP contribution is -2.54. The van der Waals surface area contributed by atoms with Gasteiger partial charge in [-0.05, 0) is 33.9 Å². The molecule has 15 heavy (non-hydrogen) atoms. The van der Waals surface area contributed by atoms with Gasteiger partial charge >= 0.3 is 0 Å². The third-order valence-corrected chi connectivity index (χ3v) is 3.70. The highest BCUT2D eigenvalue weighted by atomic mass is 15.3. The predicted octanol–water partition coefficient (Wildman–Crippen LogP) is 1.01. The summed E-state index contributed by atoms with van der Waals surface area (Å²) in [4.78, 5) is 5.18. The second kappa shape index (κ2) is 6.46. The van der Waals surface area contributed by atoms with Crippen LogP contribution in [0.1, 0.15) is 27.2 Å². The Bertz CT molecular complexity index is 164. The van der Waals surface area contributed by atoms with Gasteiger partial charge in [-0.3, -0.25) is 4.90 Å². The average Bonchev–Trinajstić information content (AvgIpc) is 2.28. The smallest absolute Gasteiger partial charge is 0.0219 e. The van der Waals surface area contributed by atoms with Crippen molar-refractivity contribution in [1.82, 2.24) is 15.1 Å². The molecule has 1 heterocycles. The summed E-state index contributed by atoms with van der Waals surface area (Å²) in [6, 6.07) is 1.24. The highest BCUT2D eigenvalue weighted by Crippen LogP contribution is 2.09. The lowest BCUT2D eigenvalue weighted by atomic mass is 10.1. The zero-order valence-electron chi connectivity index (χ0n) is 10.8. The lowest BCUT2D eigenvalue weighted by molar-refractivity contribution is 0.0898. The van der Waals surface area contributed by atoms with Gasteiger partial charge in [0.15, 0.2) is 0 Å². The van der Waals surface area contributed by atoms with Gasteiger partial charge in [0.2, 0.25) is 0 Å². The summed E-state index contributed by atoms with van der Waals surface area (Å²) in [7, 11) is 2.05. The number of piperazine rings is 1. The van der Waals surface area contributed by atoms with Crippen LogP contribution >= 0.6 is 0 Å². The van der Waals surface area contributed by atoms with Gasteiger partial charge in [0.1, 0.15) is 0 Å². The minimum atomic E-state index is 0.586. The fourth-order valence-electron chi connectivity index (χ4n) is 2.27. The molecule has 1 fully saturated rings. The maximum atomic E-state index is 3.34. The second-order valence-corrected chi connectivity index (χ2v) is 4.70. The molecule has 2 atom stereocenters. The molecule has 3 heteroatoms. The molecular weight excluding hydrogens is 186 g/mol. The molecule has 0 bridgehead atoms. The molecule has 0 radical (unpaired) electrons. The normalized spacial score (nSPS) is 24.0. The first kappa shape index (κ1) is 12.9. The van der Waals surface area contributed by atoms with Crippen LogP contribution in [0, 0.1) is 0 Å². The average molecular weight is 213 g/mol. The summed E-state index contributed by atoms with van der Waals surface area (Å²) in [5, 5.41) is 3.34. The third-order valence-electron chi connectivity index (χ3n) is 3.70. The summed E-state index contributed by atoms with van der Waals surface area (Å²) in [6.07, 6.45) is 1.28. The maximum Gasteiger partial charge on any atom is 0.0219 e. The molecule has 0 aromatic heterocycles. The molecule has 1 N–H and O–H groups in total. The first-order valence-electron chi connectivity index (χ1n) is 6.32. The summed E-state index contributed by atoms with van der Waals surface area (Å²) >= 11 is 0.